The van der Waals surface area contributed by atoms with E-state index in [0.29, 0.717) is 29.4 Å². The zero-order valence-corrected chi connectivity index (χ0v) is 18.4. The molecular weight excluding hydrogens is 412 g/mol. The van der Waals surface area contributed by atoms with Gasteiger partial charge in [0.25, 0.3) is 0 Å². The molecule has 3 aromatic rings. The Hall–Kier alpha value is -2.98. The van der Waals surface area contributed by atoms with Crippen LogP contribution in [0.1, 0.15) is 31.4 Å². The standard InChI is InChI=1S/C26H25ClO4/c1-26(2)16-20-4-3-5-22(24(20)31-26)30-23(25(28)29)15-8-17-6-9-18(10-7-17)19-11-13-21(27)14-12-19/h3-7,9-14,23H,8,15-16H2,1-2H3,(H,28,29). The van der Waals surface area contributed by atoms with E-state index in [4.69, 9.17) is 21.1 Å². The molecule has 1 aliphatic rings. The summed E-state index contributed by atoms with van der Waals surface area (Å²) in [6, 6.07) is 21.5. The fourth-order valence-corrected chi connectivity index (χ4v) is 4.00. The number of fused-ring (bicyclic) bond motifs is 1. The van der Waals surface area contributed by atoms with E-state index >= 15 is 0 Å². The fraction of sp³-hybridized carbons (Fsp3) is 0.269. The smallest absolute Gasteiger partial charge is 0.344 e. The summed E-state index contributed by atoms with van der Waals surface area (Å²) in [4.78, 5) is 11.8. The molecule has 1 atom stereocenters. The van der Waals surface area contributed by atoms with Gasteiger partial charge >= 0.3 is 5.97 Å². The molecule has 0 spiro atoms. The number of carbonyl (C=O) groups is 1. The lowest BCUT2D eigenvalue weighted by atomic mass is 10.0. The minimum atomic E-state index is -0.979. The number of aliphatic carboxylic acids is 1. The Kier molecular flexibility index (Phi) is 5.92. The van der Waals surface area contributed by atoms with Crippen LogP contribution in [0.3, 0.4) is 0 Å². The van der Waals surface area contributed by atoms with Crippen LogP contribution in [0.4, 0.5) is 0 Å². The molecule has 4 rings (SSSR count). The number of aryl methyl sites for hydroxylation is 1. The van der Waals surface area contributed by atoms with Crippen LogP contribution in [0, 0.1) is 0 Å². The number of ether oxygens (including phenoxy) is 2. The summed E-state index contributed by atoms with van der Waals surface area (Å²) in [7, 11) is 0. The Bertz CT molecular complexity index is 1070. The average molecular weight is 437 g/mol. The van der Waals surface area contributed by atoms with Crippen molar-refractivity contribution < 1.29 is 19.4 Å². The molecule has 0 radical (unpaired) electrons. The Labute approximate surface area is 187 Å². The largest absolute Gasteiger partial charge is 0.483 e. The maximum Gasteiger partial charge on any atom is 0.344 e. The second-order valence-corrected chi connectivity index (χ2v) is 8.91. The molecule has 0 saturated heterocycles. The van der Waals surface area contributed by atoms with Crippen molar-refractivity contribution in [3.05, 3.63) is 82.9 Å². The molecule has 0 aromatic heterocycles. The van der Waals surface area contributed by atoms with Crippen molar-refractivity contribution in [3.63, 3.8) is 0 Å². The lowest BCUT2D eigenvalue weighted by molar-refractivity contribution is -0.145. The van der Waals surface area contributed by atoms with Crippen molar-refractivity contribution in [2.24, 2.45) is 0 Å². The summed E-state index contributed by atoms with van der Waals surface area (Å²) in [5.74, 6) is 0.173. The van der Waals surface area contributed by atoms with E-state index in [1.165, 1.54) is 0 Å². The van der Waals surface area contributed by atoms with Gasteiger partial charge in [-0.25, -0.2) is 4.79 Å². The molecule has 3 aromatic carbocycles. The van der Waals surface area contributed by atoms with Crippen molar-refractivity contribution in [2.75, 3.05) is 0 Å². The highest BCUT2D eigenvalue weighted by Gasteiger charge is 2.33. The van der Waals surface area contributed by atoms with Crippen LogP contribution in [0.25, 0.3) is 11.1 Å². The molecule has 5 heteroatoms. The summed E-state index contributed by atoms with van der Waals surface area (Å²) >= 11 is 5.96. The zero-order chi connectivity index (χ0) is 22.0. The molecule has 1 heterocycles. The van der Waals surface area contributed by atoms with Gasteiger partial charge in [0, 0.05) is 17.0 Å². The number of rotatable bonds is 7. The van der Waals surface area contributed by atoms with E-state index in [9.17, 15) is 9.90 Å². The molecule has 0 amide bonds. The molecule has 0 fully saturated rings. The number of carboxylic acid groups (broad SMARTS) is 1. The number of para-hydroxylation sites is 1. The molecule has 4 nitrogen and oxygen atoms in total. The van der Waals surface area contributed by atoms with Crippen molar-refractivity contribution >= 4 is 17.6 Å². The molecule has 0 saturated carbocycles. The lowest BCUT2D eigenvalue weighted by Gasteiger charge is -2.20. The van der Waals surface area contributed by atoms with Gasteiger partial charge in [-0.05, 0) is 61.6 Å². The fourth-order valence-electron chi connectivity index (χ4n) is 3.87. The minimum Gasteiger partial charge on any atom is -0.483 e. The second-order valence-electron chi connectivity index (χ2n) is 8.47. The highest BCUT2D eigenvalue weighted by atomic mass is 35.5. The number of carboxylic acids is 1. The Balaban J connectivity index is 1.43. The quantitative estimate of drug-likeness (QED) is 0.480. The minimum absolute atomic E-state index is 0.313. The zero-order valence-electron chi connectivity index (χ0n) is 17.6. The Morgan fingerprint density at radius 1 is 1.06 bits per heavy atom. The van der Waals surface area contributed by atoms with E-state index in [1.807, 2.05) is 74.5 Å². The number of hydrogen-bond acceptors (Lipinski definition) is 3. The van der Waals surface area contributed by atoms with Gasteiger partial charge in [-0.15, -0.1) is 0 Å². The van der Waals surface area contributed by atoms with E-state index < -0.39 is 12.1 Å². The third-order valence-corrected chi connectivity index (χ3v) is 5.68. The molecule has 0 aliphatic carbocycles. The molecule has 0 bridgehead atoms. The highest BCUT2D eigenvalue weighted by molar-refractivity contribution is 6.30. The summed E-state index contributed by atoms with van der Waals surface area (Å²) in [6.07, 6.45) is 0.786. The predicted octanol–water partition coefficient (Wildman–Crippen LogP) is 6.19. The maximum atomic E-state index is 11.8. The van der Waals surface area contributed by atoms with Crippen LogP contribution in [-0.4, -0.2) is 22.8 Å². The second kappa shape index (κ2) is 8.64. The SMILES string of the molecule is CC1(C)Cc2cccc(OC(CCc3ccc(-c4ccc(Cl)cc4)cc3)C(=O)O)c2O1. The normalized spacial score (nSPS) is 15.1. The summed E-state index contributed by atoms with van der Waals surface area (Å²) in [5, 5.41) is 10.4. The number of benzene rings is 3. The summed E-state index contributed by atoms with van der Waals surface area (Å²) < 4.78 is 11.9. The Morgan fingerprint density at radius 2 is 1.71 bits per heavy atom. The van der Waals surface area contributed by atoms with E-state index in [1.54, 1.807) is 6.07 Å². The van der Waals surface area contributed by atoms with E-state index in [-0.39, 0.29) is 5.60 Å². The first kappa shape index (κ1) is 21.3. The first-order valence-corrected chi connectivity index (χ1v) is 10.7. The monoisotopic (exact) mass is 436 g/mol. The van der Waals surface area contributed by atoms with Gasteiger partial charge in [-0.2, -0.15) is 0 Å². The first-order valence-electron chi connectivity index (χ1n) is 10.4. The molecular formula is C26H25ClO4. The van der Waals surface area contributed by atoms with Gasteiger partial charge in [0.2, 0.25) is 0 Å². The van der Waals surface area contributed by atoms with Gasteiger partial charge in [0.05, 0.1) is 0 Å². The van der Waals surface area contributed by atoms with Gasteiger partial charge in [0.1, 0.15) is 5.60 Å². The molecule has 1 unspecified atom stereocenters. The average Bonchev–Trinajstić information content (AvgIpc) is 3.06. The van der Waals surface area contributed by atoms with Crippen LogP contribution in [0.15, 0.2) is 66.7 Å². The van der Waals surface area contributed by atoms with Crippen LogP contribution in [0.5, 0.6) is 11.5 Å². The van der Waals surface area contributed by atoms with E-state index in [2.05, 4.69) is 0 Å². The van der Waals surface area contributed by atoms with Crippen molar-refractivity contribution in [1.29, 1.82) is 0 Å². The van der Waals surface area contributed by atoms with E-state index in [0.717, 1.165) is 28.7 Å². The summed E-state index contributed by atoms with van der Waals surface area (Å²) in [5.41, 5.74) is 3.97. The van der Waals surface area contributed by atoms with Crippen LogP contribution >= 0.6 is 11.6 Å². The molecule has 1 aliphatic heterocycles. The topological polar surface area (TPSA) is 55.8 Å². The van der Waals surface area contributed by atoms with Gasteiger partial charge in [-0.3, -0.25) is 0 Å². The van der Waals surface area contributed by atoms with Crippen molar-refractivity contribution in [3.8, 4) is 22.6 Å². The number of halogens is 1. The van der Waals surface area contributed by atoms with Crippen molar-refractivity contribution in [2.45, 2.75) is 44.8 Å². The van der Waals surface area contributed by atoms with Gasteiger partial charge in [0.15, 0.2) is 17.6 Å². The van der Waals surface area contributed by atoms with Gasteiger partial charge < -0.3 is 14.6 Å². The lowest BCUT2D eigenvalue weighted by Crippen LogP contribution is -2.28. The summed E-state index contributed by atoms with van der Waals surface area (Å²) in [6.45, 7) is 4.03. The Morgan fingerprint density at radius 3 is 2.35 bits per heavy atom. The maximum absolute atomic E-state index is 11.8. The third kappa shape index (κ3) is 5.02. The van der Waals surface area contributed by atoms with Crippen LogP contribution < -0.4 is 9.47 Å². The predicted molar refractivity (Wildman–Crippen MR) is 122 cm³/mol. The van der Waals surface area contributed by atoms with Crippen LogP contribution in [-0.2, 0) is 17.6 Å². The third-order valence-electron chi connectivity index (χ3n) is 5.43. The van der Waals surface area contributed by atoms with Gasteiger partial charge in [-0.1, -0.05) is 60.1 Å². The first-order chi connectivity index (χ1) is 14.8. The molecule has 1 N–H and O–H groups in total. The highest BCUT2D eigenvalue weighted by Crippen LogP contribution is 2.42. The molecule has 31 heavy (non-hydrogen) atoms. The molecule has 160 valence electrons. The van der Waals surface area contributed by atoms with Crippen LogP contribution in [0.2, 0.25) is 5.02 Å². The van der Waals surface area contributed by atoms with Crippen molar-refractivity contribution in [1.82, 2.24) is 0 Å². The number of hydrogen-bond donors (Lipinski definition) is 1.